The van der Waals surface area contributed by atoms with E-state index in [2.05, 4.69) is 24.3 Å². The monoisotopic (exact) mass is 552 g/mol. The second-order valence-corrected chi connectivity index (χ2v) is 10.2. The molecule has 3 aromatic heterocycles. The third kappa shape index (κ3) is 4.42. The van der Waals surface area contributed by atoms with E-state index in [9.17, 15) is 0 Å². The Morgan fingerprint density at radius 1 is 0.372 bits per heavy atom. The van der Waals surface area contributed by atoms with Gasteiger partial charge in [0.2, 0.25) is 5.95 Å². The molecular weight excluding hydrogens is 528 g/mol. The van der Waals surface area contributed by atoms with Crippen molar-refractivity contribution in [3.05, 3.63) is 146 Å². The quantitative estimate of drug-likeness (QED) is 0.214. The molecule has 43 heavy (non-hydrogen) atoms. The minimum atomic E-state index is 0.496. The van der Waals surface area contributed by atoms with Crippen LogP contribution in [0.4, 0.5) is 0 Å². The van der Waals surface area contributed by atoms with Crippen molar-refractivity contribution in [1.82, 2.24) is 29.5 Å². The highest BCUT2D eigenvalue weighted by Gasteiger charge is 2.23. The minimum Gasteiger partial charge on any atom is -0.261 e. The van der Waals surface area contributed by atoms with E-state index in [1.165, 1.54) is 0 Å². The van der Waals surface area contributed by atoms with Crippen molar-refractivity contribution in [2.75, 3.05) is 0 Å². The van der Waals surface area contributed by atoms with E-state index >= 15 is 0 Å². The smallest absolute Gasteiger partial charge is 0.240 e. The lowest BCUT2D eigenvalue weighted by Gasteiger charge is -2.11. The summed E-state index contributed by atoms with van der Waals surface area (Å²) in [5.74, 6) is 2.32. The first-order valence-electron chi connectivity index (χ1n) is 14.1. The molecule has 0 bridgehead atoms. The van der Waals surface area contributed by atoms with Gasteiger partial charge in [-0.1, -0.05) is 140 Å². The van der Waals surface area contributed by atoms with Gasteiger partial charge in [0.05, 0.1) is 16.6 Å². The number of para-hydroxylation sites is 1. The van der Waals surface area contributed by atoms with Gasteiger partial charge in [-0.05, 0) is 6.07 Å². The molecule has 0 saturated carbocycles. The van der Waals surface area contributed by atoms with E-state index in [4.69, 9.17) is 24.9 Å². The highest BCUT2D eigenvalue weighted by Crippen LogP contribution is 2.38. The zero-order chi connectivity index (χ0) is 28.6. The van der Waals surface area contributed by atoms with Gasteiger partial charge in [-0.3, -0.25) is 4.57 Å². The molecule has 0 saturated heterocycles. The lowest BCUT2D eigenvalue weighted by atomic mass is 10.1. The molecule has 0 aliphatic carbocycles. The topological polar surface area (TPSA) is 69.4 Å². The van der Waals surface area contributed by atoms with E-state index in [-0.39, 0.29) is 0 Å². The first-order valence-corrected chi connectivity index (χ1v) is 14.1. The molecule has 6 nitrogen and oxygen atoms in total. The molecule has 0 N–H and O–H groups in total. The summed E-state index contributed by atoms with van der Waals surface area (Å²) in [7, 11) is 0. The van der Waals surface area contributed by atoms with Crippen molar-refractivity contribution in [2.24, 2.45) is 0 Å². The standard InChI is InChI=1S/C37H24N6/c1-5-15-25(16-6-1)32-31-29-23-13-14-24-30(29)43(36(31)40-33(38-32)26-17-7-2-8-18-26)37-41-34(27-19-9-3-10-20-27)39-35(42-37)28-21-11-4-12-22-28/h1-24H. The molecule has 0 radical (unpaired) electrons. The van der Waals surface area contributed by atoms with Crippen LogP contribution in [0.5, 0.6) is 0 Å². The van der Waals surface area contributed by atoms with Crippen molar-refractivity contribution in [3.8, 4) is 51.4 Å². The predicted molar refractivity (Wildman–Crippen MR) is 171 cm³/mol. The first kappa shape index (κ1) is 24.8. The number of nitrogens with zero attached hydrogens (tertiary/aromatic N) is 6. The van der Waals surface area contributed by atoms with Crippen LogP contribution in [0.1, 0.15) is 0 Å². The number of rotatable bonds is 5. The maximum absolute atomic E-state index is 5.20. The molecule has 0 fully saturated rings. The van der Waals surface area contributed by atoms with Gasteiger partial charge in [0.25, 0.3) is 0 Å². The Bertz CT molecular complexity index is 2150. The summed E-state index contributed by atoms with van der Waals surface area (Å²) in [6, 6.07) is 48.6. The summed E-state index contributed by atoms with van der Waals surface area (Å²) in [5, 5.41) is 1.98. The van der Waals surface area contributed by atoms with E-state index in [0.29, 0.717) is 23.4 Å². The Hall–Kier alpha value is -6.01. The van der Waals surface area contributed by atoms with Crippen molar-refractivity contribution in [3.63, 3.8) is 0 Å². The van der Waals surface area contributed by atoms with Crippen LogP contribution in [-0.4, -0.2) is 29.5 Å². The van der Waals surface area contributed by atoms with Crippen LogP contribution in [0, 0.1) is 0 Å². The Balaban J connectivity index is 1.50. The Morgan fingerprint density at radius 2 is 0.814 bits per heavy atom. The van der Waals surface area contributed by atoms with Crippen molar-refractivity contribution >= 4 is 21.9 Å². The van der Waals surface area contributed by atoms with Crippen molar-refractivity contribution in [2.45, 2.75) is 0 Å². The Labute approximate surface area is 248 Å². The van der Waals surface area contributed by atoms with E-state index in [0.717, 1.165) is 49.9 Å². The lowest BCUT2D eigenvalue weighted by molar-refractivity contribution is 0.942. The molecule has 8 aromatic rings. The maximum Gasteiger partial charge on any atom is 0.240 e. The van der Waals surface area contributed by atoms with Crippen LogP contribution < -0.4 is 0 Å². The normalized spacial score (nSPS) is 11.3. The maximum atomic E-state index is 5.20. The zero-order valence-corrected chi connectivity index (χ0v) is 23.0. The molecule has 0 unspecified atom stereocenters. The summed E-state index contributed by atoms with van der Waals surface area (Å²) in [6.07, 6.45) is 0. The third-order valence-electron chi connectivity index (χ3n) is 7.48. The van der Waals surface area contributed by atoms with E-state index < -0.39 is 0 Å². The molecule has 0 amide bonds. The molecule has 0 atom stereocenters. The molecular formula is C37H24N6. The first-order chi connectivity index (χ1) is 21.3. The number of hydrogen-bond donors (Lipinski definition) is 0. The van der Waals surface area contributed by atoms with Crippen molar-refractivity contribution < 1.29 is 0 Å². The number of benzene rings is 5. The van der Waals surface area contributed by atoms with Crippen LogP contribution >= 0.6 is 0 Å². The minimum absolute atomic E-state index is 0.496. The highest BCUT2D eigenvalue weighted by atomic mass is 15.2. The van der Waals surface area contributed by atoms with Crippen LogP contribution in [-0.2, 0) is 0 Å². The number of fused-ring (bicyclic) bond motifs is 3. The van der Waals surface area contributed by atoms with Gasteiger partial charge >= 0.3 is 0 Å². The van der Waals surface area contributed by atoms with Crippen LogP contribution in [0.2, 0.25) is 0 Å². The fourth-order valence-electron chi connectivity index (χ4n) is 5.47. The Morgan fingerprint density at radius 3 is 1.35 bits per heavy atom. The van der Waals surface area contributed by atoms with Gasteiger partial charge < -0.3 is 0 Å². The van der Waals surface area contributed by atoms with Gasteiger partial charge in [-0.2, -0.15) is 9.97 Å². The van der Waals surface area contributed by atoms with Crippen LogP contribution in [0.25, 0.3) is 73.3 Å². The van der Waals surface area contributed by atoms with Gasteiger partial charge in [0, 0.05) is 27.6 Å². The van der Waals surface area contributed by atoms with Crippen molar-refractivity contribution in [1.29, 1.82) is 0 Å². The average molecular weight is 553 g/mol. The predicted octanol–water partition coefficient (Wildman–Crippen LogP) is 8.43. The SMILES string of the molecule is c1ccc(-c2nc(-c3ccccc3)nc(-n3c4ccccc4c4c(-c5ccccc5)nc(-c5ccccc5)nc43)n2)cc1. The molecule has 202 valence electrons. The van der Waals surface area contributed by atoms with E-state index in [1.54, 1.807) is 0 Å². The van der Waals surface area contributed by atoms with Gasteiger partial charge in [-0.25, -0.2) is 15.0 Å². The van der Waals surface area contributed by atoms with Gasteiger partial charge in [0.1, 0.15) is 0 Å². The molecule has 3 heterocycles. The van der Waals surface area contributed by atoms with Gasteiger partial charge in [-0.15, -0.1) is 0 Å². The van der Waals surface area contributed by atoms with Gasteiger partial charge in [0.15, 0.2) is 23.1 Å². The fourth-order valence-corrected chi connectivity index (χ4v) is 5.47. The highest BCUT2D eigenvalue weighted by molar-refractivity contribution is 6.13. The summed E-state index contributed by atoms with van der Waals surface area (Å²) < 4.78 is 2.05. The lowest BCUT2D eigenvalue weighted by Crippen LogP contribution is -2.07. The average Bonchev–Trinajstić information content (AvgIpc) is 3.43. The molecule has 0 aliphatic heterocycles. The molecule has 8 rings (SSSR count). The van der Waals surface area contributed by atoms with E-state index in [1.807, 2.05) is 126 Å². The summed E-state index contributed by atoms with van der Waals surface area (Å²) in [6.45, 7) is 0. The Kier molecular flexibility index (Phi) is 6.01. The molecule has 0 spiro atoms. The zero-order valence-electron chi connectivity index (χ0n) is 23.0. The summed E-state index contributed by atoms with van der Waals surface area (Å²) in [4.78, 5) is 25.4. The summed E-state index contributed by atoms with van der Waals surface area (Å²) >= 11 is 0. The number of hydrogen-bond acceptors (Lipinski definition) is 5. The summed E-state index contributed by atoms with van der Waals surface area (Å²) in [5.41, 5.74) is 6.31. The molecule has 6 heteroatoms. The van der Waals surface area contributed by atoms with Crippen LogP contribution in [0.15, 0.2) is 146 Å². The third-order valence-corrected chi connectivity index (χ3v) is 7.48. The van der Waals surface area contributed by atoms with Crippen LogP contribution in [0.3, 0.4) is 0 Å². The fraction of sp³-hybridized carbons (Fsp3) is 0. The second kappa shape index (κ2) is 10.4. The largest absolute Gasteiger partial charge is 0.261 e. The molecule has 0 aliphatic rings. The number of aromatic nitrogens is 6. The second-order valence-electron chi connectivity index (χ2n) is 10.2. The molecule has 5 aromatic carbocycles.